The number of nitrogens with one attached hydrogen (secondary N) is 1. The number of carbonyl (C=O) groups is 2. The van der Waals surface area contributed by atoms with Crippen LogP contribution in [0.2, 0.25) is 0 Å². The molecule has 1 heterocycles. The number of hydrogen-bond acceptors (Lipinski definition) is 5. The lowest BCUT2D eigenvalue weighted by Crippen LogP contribution is -2.41. The summed E-state index contributed by atoms with van der Waals surface area (Å²) in [6.45, 7) is 1.23. The molecule has 0 radical (unpaired) electrons. The van der Waals surface area contributed by atoms with Gasteiger partial charge >= 0.3 is 5.97 Å². The van der Waals surface area contributed by atoms with Gasteiger partial charge in [0.2, 0.25) is 0 Å². The van der Waals surface area contributed by atoms with Gasteiger partial charge in [0.05, 0.1) is 6.33 Å². The summed E-state index contributed by atoms with van der Waals surface area (Å²) in [5.41, 5.74) is 5.54. The Morgan fingerprint density at radius 2 is 2.37 bits per heavy atom. The van der Waals surface area contributed by atoms with Gasteiger partial charge in [-0.3, -0.25) is 4.79 Å². The van der Waals surface area contributed by atoms with Crippen LogP contribution in [0.5, 0.6) is 0 Å². The number of hydrogen-bond donors (Lipinski definition) is 3. The molecule has 0 spiro atoms. The molecule has 4 N–H and O–H groups in total. The van der Waals surface area contributed by atoms with Crippen molar-refractivity contribution in [3.63, 3.8) is 0 Å². The second-order valence-corrected chi connectivity index (χ2v) is 3.93. The molecular weight excluding hydrogens is 252 g/mol. The third-order valence-electron chi connectivity index (χ3n) is 2.47. The number of carboxylic acids is 1. The van der Waals surface area contributed by atoms with E-state index in [1.807, 2.05) is 0 Å². The normalized spacial score (nSPS) is 12.1. The van der Waals surface area contributed by atoms with E-state index in [1.54, 1.807) is 4.57 Å². The number of nitrogens with zero attached hydrogens (tertiary/aromatic N) is 2. The van der Waals surface area contributed by atoms with Crippen LogP contribution >= 0.6 is 0 Å². The van der Waals surface area contributed by atoms with E-state index < -0.39 is 17.9 Å². The highest BCUT2D eigenvalue weighted by atomic mass is 16.5. The van der Waals surface area contributed by atoms with Gasteiger partial charge in [-0.2, -0.15) is 0 Å². The summed E-state index contributed by atoms with van der Waals surface area (Å²) in [5, 5.41) is 11.4. The summed E-state index contributed by atoms with van der Waals surface area (Å²) >= 11 is 0. The minimum atomic E-state index is -1.10. The first-order valence-electron chi connectivity index (χ1n) is 5.83. The Morgan fingerprint density at radius 3 is 2.95 bits per heavy atom. The van der Waals surface area contributed by atoms with Crippen LogP contribution in [0.3, 0.4) is 0 Å². The van der Waals surface area contributed by atoms with Gasteiger partial charge in [0.1, 0.15) is 11.7 Å². The summed E-state index contributed by atoms with van der Waals surface area (Å²) in [7, 11) is 1.47. The average Bonchev–Trinajstić information content (AvgIpc) is 2.83. The Hall–Kier alpha value is -1.93. The van der Waals surface area contributed by atoms with Gasteiger partial charge in [-0.05, 0) is 0 Å². The van der Waals surface area contributed by atoms with E-state index in [0.717, 1.165) is 0 Å². The molecule has 0 saturated heterocycles. The first-order valence-corrected chi connectivity index (χ1v) is 5.83. The molecule has 1 amide bonds. The van der Waals surface area contributed by atoms with Crippen LogP contribution in [0.1, 0.15) is 16.9 Å². The van der Waals surface area contributed by atoms with Gasteiger partial charge in [0.15, 0.2) is 0 Å². The van der Waals surface area contributed by atoms with Crippen molar-refractivity contribution in [2.75, 3.05) is 20.3 Å². The zero-order chi connectivity index (χ0) is 14.3. The topological polar surface area (TPSA) is 119 Å². The van der Waals surface area contributed by atoms with Crippen molar-refractivity contribution in [1.29, 1.82) is 0 Å². The molecule has 106 valence electrons. The fourth-order valence-electron chi connectivity index (χ4n) is 1.47. The fourth-order valence-corrected chi connectivity index (χ4v) is 1.47. The monoisotopic (exact) mass is 270 g/mol. The SMILES string of the molecule is COCCC(NC(=O)c1cn(CCN)cn1)C(=O)O. The van der Waals surface area contributed by atoms with Crippen molar-refractivity contribution in [1.82, 2.24) is 14.9 Å². The molecule has 0 bridgehead atoms. The summed E-state index contributed by atoms with van der Waals surface area (Å²) in [6.07, 6.45) is 3.20. The molecule has 0 aliphatic carbocycles. The maximum Gasteiger partial charge on any atom is 0.326 e. The van der Waals surface area contributed by atoms with Crippen molar-refractivity contribution in [2.45, 2.75) is 19.0 Å². The van der Waals surface area contributed by atoms with E-state index in [9.17, 15) is 9.59 Å². The molecule has 0 aliphatic rings. The second-order valence-electron chi connectivity index (χ2n) is 3.93. The zero-order valence-electron chi connectivity index (χ0n) is 10.7. The highest BCUT2D eigenvalue weighted by Crippen LogP contribution is 1.99. The number of aliphatic carboxylic acids is 1. The van der Waals surface area contributed by atoms with E-state index in [4.69, 9.17) is 15.6 Å². The maximum absolute atomic E-state index is 11.8. The first kappa shape index (κ1) is 15.1. The molecule has 19 heavy (non-hydrogen) atoms. The third kappa shape index (κ3) is 4.68. The maximum atomic E-state index is 11.8. The van der Waals surface area contributed by atoms with Gasteiger partial charge in [-0.25, -0.2) is 9.78 Å². The Bertz CT molecular complexity index is 432. The Kier molecular flexibility index (Phi) is 5.97. The molecule has 1 aromatic rings. The number of aromatic nitrogens is 2. The molecule has 0 saturated carbocycles. The van der Waals surface area contributed by atoms with Crippen LogP contribution in [-0.2, 0) is 16.1 Å². The predicted octanol–water partition coefficient (Wildman–Crippen LogP) is -0.939. The Labute approximate surface area is 110 Å². The number of methoxy groups -OCH3 is 1. The zero-order valence-corrected chi connectivity index (χ0v) is 10.7. The molecule has 1 aromatic heterocycles. The van der Waals surface area contributed by atoms with Crippen LogP contribution in [0.15, 0.2) is 12.5 Å². The molecule has 8 nitrogen and oxygen atoms in total. The fraction of sp³-hybridized carbons (Fsp3) is 0.545. The Balaban J connectivity index is 2.62. The standard InChI is InChI=1S/C11H18N4O4/c1-19-5-2-8(11(17)18)14-10(16)9-6-15(4-3-12)7-13-9/h6-8H,2-5,12H2,1H3,(H,14,16)(H,17,18). The lowest BCUT2D eigenvalue weighted by molar-refractivity contribution is -0.139. The summed E-state index contributed by atoms with van der Waals surface area (Å²) in [5.74, 6) is -1.63. The molecule has 1 rings (SSSR count). The highest BCUT2D eigenvalue weighted by molar-refractivity contribution is 5.94. The van der Waals surface area contributed by atoms with E-state index in [-0.39, 0.29) is 18.7 Å². The molecular formula is C11H18N4O4. The molecule has 1 atom stereocenters. The number of ether oxygens (including phenoxy) is 1. The van der Waals surface area contributed by atoms with Gasteiger partial charge < -0.3 is 25.5 Å². The van der Waals surface area contributed by atoms with Crippen molar-refractivity contribution in [3.8, 4) is 0 Å². The van der Waals surface area contributed by atoms with Gasteiger partial charge in [-0.1, -0.05) is 0 Å². The lowest BCUT2D eigenvalue weighted by Gasteiger charge is -2.12. The largest absolute Gasteiger partial charge is 0.480 e. The van der Waals surface area contributed by atoms with Crippen molar-refractivity contribution >= 4 is 11.9 Å². The van der Waals surface area contributed by atoms with E-state index in [2.05, 4.69) is 10.3 Å². The number of amides is 1. The number of carboxylic acid groups (broad SMARTS) is 1. The highest BCUT2D eigenvalue weighted by Gasteiger charge is 2.21. The predicted molar refractivity (Wildman–Crippen MR) is 66.7 cm³/mol. The summed E-state index contributed by atoms with van der Waals surface area (Å²) in [6, 6.07) is -0.993. The van der Waals surface area contributed by atoms with Crippen LogP contribution in [0.25, 0.3) is 0 Å². The van der Waals surface area contributed by atoms with Gasteiger partial charge in [-0.15, -0.1) is 0 Å². The van der Waals surface area contributed by atoms with Crippen LogP contribution in [0, 0.1) is 0 Å². The average molecular weight is 270 g/mol. The smallest absolute Gasteiger partial charge is 0.326 e. The van der Waals surface area contributed by atoms with Gasteiger partial charge in [0, 0.05) is 39.4 Å². The molecule has 8 heteroatoms. The molecule has 0 aromatic carbocycles. The molecule has 0 fully saturated rings. The molecule has 0 aliphatic heterocycles. The number of nitrogens with two attached hydrogens (primary N) is 1. The van der Waals surface area contributed by atoms with E-state index in [1.165, 1.54) is 19.6 Å². The van der Waals surface area contributed by atoms with Crippen LogP contribution < -0.4 is 11.1 Å². The second kappa shape index (κ2) is 7.49. The minimum Gasteiger partial charge on any atom is -0.480 e. The third-order valence-corrected chi connectivity index (χ3v) is 2.47. The van der Waals surface area contributed by atoms with Gasteiger partial charge in [0.25, 0.3) is 5.91 Å². The van der Waals surface area contributed by atoms with E-state index >= 15 is 0 Å². The van der Waals surface area contributed by atoms with E-state index in [0.29, 0.717) is 13.1 Å². The lowest BCUT2D eigenvalue weighted by atomic mass is 10.2. The summed E-state index contributed by atoms with van der Waals surface area (Å²) in [4.78, 5) is 26.7. The quantitative estimate of drug-likeness (QED) is 0.561. The summed E-state index contributed by atoms with van der Waals surface area (Å²) < 4.78 is 6.46. The van der Waals surface area contributed by atoms with Crippen molar-refractivity contribution in [3.05, 3.63) is 18.2 Å². The number of imidazole rings is 1. The Morgan fingerprint density at radius 1 is 1.63 bits per heavy atom. The number of carbonyl (C=O) groups excluding carboxylic acids is 1. The molecule has 1 unspecified atom stereocenters. The van der Waals surface area contributed by atoms with Crippen LogP contribution in [0.4, 0.5) is 0 Å². The number of rotatable bonds is 8. The minimum absolute atomic E-state index is 0.164. The van der Waals surface area contributed by atoms with Crippen LogP contribution in [-0.4, -0.2) is 52.8 Å². The van der Waals surface area contributed by atoms with Crippen molar-refractivity contribution in [2.24, 2.45) is 5.73 Å². The van der Waals surface area contributed by atoms with Crippen molar-refractivity contribution < 1.29 is 19.4 Å². The first-order chi connectivity index (χ1) is 9.08.